The summed E-state index contributed by atoms with van der Waals surface area (Å²) in [5.74, 6) is 0.413. The fourth-order valence-corrected chi connectivity index (χ4v) is 3.94. The molecule has 3 atom stereocenters. The van der Waals surface area contributed by atoms with Crippen LogP contribution in [0.15, 0.2) is 0 Å². The van der Waals surface area contributed by atoms with Crippen molar-refractivity contribution in [3.63, 3.8) is 0 Å². The van der Waals surface area contributed by atoms with E-state index in [0.29, 0.717) is 5.92 Å². The molecule has 1 saturated carbocycles. The highest BCUT2D eigenvalue weighted by Crippen LogP contribution is 2.37. The molecule has 0 amide bonds. The first-order chi connectivity index (χ1) is 9.97. The van der Waals surface area contributed by atoms with Crippen molar-refractivity contribution in [2.45, 2.75) is 96.9 Å². The molecule has 3 unspecified atom stereocenters. The minimum absolute atomic E-state index is 0.0339. The first-order valence-corrected chi connectivity index (χ1v) is 8.86. The van der Waals surface area contributed by atoms with E-state index in [-0.39, 0.29) is 29.7 Å². The third kappa shape index (κ3) is 4.00. The molecule has 0 radical (unpaired) electrons. The molecule has 122 valence electrons. The molecular formula is C18H32O3. The summed E-state index contributed by atoms with van der Waals surface area (Å²) in [6.07, 6.45) is 9.22. The Hall–Kier alpha value is -0.570. The number of hydrogen-bond acceptors (Lipinski definition) is 3. The van der Waals surface area contributed by atoms with Crippen LogP contribution in [0, 0.1) is 11.8 Å². The highest BCUT2D eigenvalue weighted by Gasteiger charge is 2.42. The summed E-state index contributed by atoms with van der Waals surface area (Å²) in [6, 6.07) is 0. The number of hydrogen-bond donors (Lipinski definition) is 0. The SMILES string of the molecule is CCC1CC(C(=O)OC(C)(C)C2CCCCC2)C(CC)O1. The molecule has 0 aromatic rings. The maximum absolute atomic E-state index is 12.6. The Balaban J connectivity index is 1.96. The van der Waals surface area contributed by atoms with Crippen molar-refractivity contribution in [2.75, 3.05) is 0 Å². The summed E-state index contributed by atoms with van der Waals surface area (Å²) in [5, 5.41) is 0. The Morgan fingerprint density at radius 1 is 1.14 bits per heavy atom. The van der Waals surface area contributed by atoms with Gasteiger partial charge in [-0.1, -0.05) is 33.1 Å². The van der Waals surface area contributed by atoms with Gasteiger partial charge in [0.25, 0.3) is 0 Å². The second kappa shape index (κ2) is 7.13. The minimum atomic E-state index is -0.333. The number of ether oxygens (including phenoxy) is 2. The summed E-state index contributed by atoms with van der Waals surface area (Å²) >= 11 is 0. The lowest BCUT2D eigenvalue weighted by atomic mass is 9.78. The highest BCUT2D eigenvalue weighted by atomic mass is 16.6. The third-order valence-corrected chi connectivity index (χ3v) is 5.45. The average Bonchev–Trinajstić information content (AvgIpc) is 2.91. The Morgan fingerprint density at radius 2 is 1.81 bits per heavy atom. The number of esters is 1. The van der Waals surface area contributed by atoms with Gasteiger partial charge in [-0.3, -0.25) is 4.79 Å². The van der Waals surface area contributed by atoms with Gasteiger partial charge in [0.05, 0.1) is 18.1 Å². The predicted molar refractivity (Wildman–Crippen MR) is 84.1 cm³/mol. The van der Waals surface area contributed by atoms with Crippen molar-refractivity contribution in [3.05, 3.63) is 0 Å². The molecule has 2 fully saturated rings. The standard InChI is InChI=1S/C18H32O3/c1-5-14-12-15(16(6-2)20-14)17(19)21-18(3,4)13-10-8-7-9-11-13/h13-16H,5-12H2,1-4H3. The minimum Gasteiger partial charge on any atom is -0.459 e. The van der Waals surface area contributed by atoms with E-state index < -0.39 is 0 Å². The van der Waals surface area contributed by atoms with Crippen LogP contribution in [0.5, 0.6) is 0 Å². The van der Waals surface area contributed by atoms with Gasteiger partial charge in [0, 0.05) is 0 Å². The fourth-order valence-electron chi connectivity index (χ4n) is 3.94. The molecule has 2 rings (SSSR count). The predicted octanol–water partition coefficient (Wildman–Crippen LogP) is 4.48. The zero-order valence-electron chi connectivity index (χ0n) is 14.2. The summed E-state index contributed by atoms with van der Waals surface area (Å²) < 4.78 is 11.9. The molecule has 1 aliphatic carbocycles. The maximum atomic E-state index is 12.6. The quantitative estimate of drug-likeness (QED) is 0.702. The van der Waals surface area contributed by atoms with Crippen molar-refractivity contribution >= 4 is 5.97 Å². The Bertz CT molecular complexity index is 344. The van der Waals surface area contributed by atoms with Gasteiger partial charge in [0.1, 0.15) is 5.60 Å². The lowest BCUT2D eigenvalue weighted by Crippen LogP contribution is -2.40. The fraction of sp³-hybridized carbons (Fsp3) is 0.944. The molecule has 21 heavy (non-hydrogen) atoms. The van der Waals surface area contributed by atoms with Gasteiger partial charge in [-0.25, -0.2) is 0 Å². The van der Waals surface area contributed by atoms with Crippen molar-refractivity contribution < 1.29 is 14.3 Å². The molecule has 0 bridgehead atoms. The molecule has 0 spiro atoms. The average molecular weight is 296 g/mol. The van der Waals surface area contributed by atoms with E-state index in [2.05, 4.69) is 27.7 Å². The van der Waals surface area contributed by atoms with Crippen LogP contribution in [0.1, 0.15) is 79.1 Å². The van der Waals surface area contributed by atoms with Crippen LogP contribution in [-0.4, -0.2) is 23.8 Å². The van der Waals surface area contributed by atoms with Gasteiger partial charge in [0.2, 0.25) is 0 Å². The lowest BCUT2D eigenvalue weighted by Gasteiger charge is -2.37. The van der Waals surface area contributed by atoms with Crippen molar-refractivity contribution in [3.8, 4) is 0 Å². The Kier molecular flexibility index (Phi) is 5.70. The van der Waals surface area contributed by atoms with Crippen molar-refractivity contribution in [1.82, 2.24) is 0 Å². The molecule has 1 saturated heterocycles. The molecule has 3 nitrogen and oxygen atoms in total. The van der Waals surface area contributed by atoms with Gasteiger partial charge in [-0.05, 0) is 51.9 Å². The van der Waals surface area contributed by atoms with E-state index in [9.17, 15) is 4.79 Å². The number of carbonyl (C=O) groups excluding carboxylic acids is 1. The van der Waals surface area contributed by atoms with Crippen LogP contribution in [0.4, 0.5) is 0 Å². The summed E-state index contributed by atoms with van der Waals surface area (Å²) in [5.41, 5.74) is -0.333. The number of carbonyl (C=O) groups is 1. The molecule has 1 heterocycles. The molecular weight excluding hydrogens is 264 g/mol. The topological polar surface area (TPSA) is 35.5 Å². The lowest BCUT2D eigenvalue weighted by molar-refractivity contribution is -0.170. The van der Waals surface area contributed by atoms with Crippen LogP contribution in [0.3, 0.4) is 0 Å². The summed E-state index contributed by atoms with van der Waals surface area (Å²) in [6.45, 7) is 8.40. The van der Waals surface area contributed by atoms with Crippen LogP contribution < -0.4 is 0 Å². The van der Waals surface area contributed by atoms with E-state index in [1.807, 2.05) is 0 Å². The largest absolute Gasteiger partial charge is 0.459 e. The van der Waals surface area contributed by atoms with Crippen LogP contribution in [0.25, 0.3) is 0 Å². The molecule has 3 heteroatoms. The van der Waals surface area contributed by atoms with Gasteiger partial charge in [-0.15, -0.1) is 0 Å². The van der Waals surface area contributed by atoms with Gasteiger partial charge in [-0.2, -0.15) is 0 Å². The number of rotatable bonds is 5. The first kappa shape index (κ1) is 16.8. The monoisotopic (exact) mass is 296 g/mol. The Morgan fingerprint density at radius 3 is 2.38 bits per heavy atom. The second-order valence-corrected chi connectivity index (χ2v) is 7.31. The van der Waals surface area contributed by atoms with E-state index in [4.69, 9.17) is 9.47 Å². The molecule has 0 N–H and O–H groups in total. The van der Waals surface area contributed by atoms with Gasteiger partial charge in [0.15, 0.2) is 0 Å². The van der Waals surface area contributed by atoms with E-state index in [0.717, 1.165) is 19.3 Å². The normalized spacial score (nSPS) is 31.3. The summed E-state index contributed by atoms with van der Waals surface area (Å²) in [7, 11) is 0. The van der Waals surface area contributed by atoms with Crippen LogP contribution in [0.2, 0.25) is 0 Å². The van der Waals surface area contributed by atoms with E-state index >= 15 is 0 Å². The molecule has 0 aromatic heterocycles. The first-order valence-electron chi connectivity index (χ1n) is 8.86. The smallest absolute Gasteiger partial charge is 0.312 e. The van der Waals surface area contributed by atoms with Crippen molar-refractivity contribution in [1.29, 1.82) is 0 Å². The maximum Gasteiger partial charge on any atom is 0.312 e. The Labute approximate surface area is 129 Å². The van der Waals surface area contributed by atoms with E-state index in [1.54, 1.807) is 0 Å². The molecule has 2 aliphatic rings. The second-order valence-electron chi connectivity index (χ2n) is 7.31. The third-order valence-electron chi connectivity index (χ3n) is 5.45. The zero-order valence-corrected chi connectivity index (χ0v) is 14.2. The summed E-state index contributed by atoms with van der Waals surface area (Å²) in [4.78, 5) is 12.6. The highest BCUT2D eigenvalue weighted by molar-refractivity contribution is 5.74. The van der Waals surface area contributed by atoms with E-state index in [1.165, 1.54) is 32.1 Å². The zero-order chi connectivity index (χ0) is 15.5. The van der Waals surface area contributed by atoms with Gasteiger partial charge < -0.3 is 9.47 Å². The van der Waals surface area contributed by atoms with Crippen LogP contribution in [-0.2, 0) is 14.3 Å². The van der Waals surface area contributed by atoms with Gasteiger partial charge >= 0.3 is 5.97 Å². The van der Waals surface area contributed by atoms with Crippen molar-refractivity contribution in [2.24, 2.45) is 11.8 Å². The van der Waals surface area contributed by atoms with Crippen LogP contribution >= 0.6 is 0 Å². The molecule has 0 aromatic carbocycles. The molecule has 1 aliphatic heterocycles.